The van der Waals surface area contributed by atoms with Crippen molar-refractivity contribution in [3.63, 3.8) is 0 Å². The van der Waals surface area contributed by atoms with E-state index in [1.54, 1.807) is 12.1 Å². The first kappa shape index (κ1) is 6.16. The molecule has 46 valence electrons. The SMILES string of the molecule is N=CC(=O)c1cccs1. The standard InChI is InChI=1S/C6H5NOS/c7-4-5(8)6-2-1-3-9-6/h1-4,7H. The molecule has 0 aliphatic carbocycles. The van der Waals surface area contributed by atoms with Crippen LogP contribution in [0.1, 0.15) is 9.67 Å². The van der Waals surface area contributed by atoms with Crippen LogP contribution in [0.5, 0.6) is 0 Å². The predicted molar refractivity (Wildman–Crippen MR) is 37.4 cm³/mol. The molecule has 0 bridgehead atoms. The monoisotopic (exact) mass is 139 g/mol. The zero-order valence-corrected chi connectivity index (χ0v) is 5.44. The normalized spacial score (nSPS) is 8.89. The molecule has 1 heterocycles. The molecule has 1 rings (SSSR count). The predicted octanol–water partition coefficient (Wildman–Crippen LogP) is 1.58. The van der Waals surface area contributed by atoms with Crippen molar-refractivity contribution in [2.24, 2.45) is 0 Å². The van der Waals surface area contributed by atoms with Crippen LogP contribution < -0.4 is 0 Å². The van der Waals surface area contributed by atoms with E-state index in [-0.39, 0.29) is 5.78 Å². The molecule has 9 heavy (non-hydrogen) atoms. The maximum Gasteiger partial charge on any atom is 0.213 e. The zero-order valence-electron chi connectivity index (χ0n) is 4.63. The van der Waals surface area contributed by atoms with Crippen LogP contribution in [-0.2, 0) is 0 Å². The van der Waals surface area contributed by atoms with Gasteiger partial charge in [0, 0.05) is 0 Å². The van der Waals surface area contributed by atoms with Crippen LogP contribution in [0.25, 0.3) is 0 Å². The molecular formula is C6H5NOS. The first-order valence-corrected chi connectivity index (χ1v) is 3.31. The fourth-order valence-electron chi connectivity index (χ4n) is 0.490. The van der Waals surface area contributed by atoms with Crippen molar-refractivity contribution in [3.05, 3.63) is 22.4 Å². The summed E-state index contributed by atoms with van der Waals surface area (Å²) in [7, 11) is 0. The minimum absolute atomic E-state index is 0.218. The Labute approximate surface area is 56.6 Å². The molecule has 0 aliphatic rings. The minimum Gasteiger partial charge on any atom is -0.305 e. The van der Waals surface area contributed by atoms with Crippen LogP contribution in [0.3, 0.4) is 0 Å². The Morgan fingerprint density at radius 1 is 1.78 bits per heavy atom. The summed E-state index contributed by atoms with van der Waals surface area (Å²) in [5.41, 5.74) is 0. The number of carbonyl (C=O) groups excluding carboxylic acids is 1. The smallest absolute Gasteiger partial charge is 0.213 e. The molecule has 0 aliphatic heterocycles. The molecule has 0 atom stereocenters. The van der Waals surface area contributed by atoms with Gasteiger partial charge in [-0.1, -0.05) is 6.07 Å². The lowest BCUT2D eigenvalue weighted by molar-refractivity contribution is 0.107. The fourth-order valence-corrected chi connectivity index (χ4v) is 1.13. The van der Waals surface area contributed by atoms with E-state index in [9.17, 15) is 4.79 Å². The van der Waals surface area contributed by atoms with Crippen LogP contribution in [0, 0.1) is 5.41 Å². The molecule has 1 aromatic heterocycles. The van der Waals surface area contributed by atoms with Crippen molar-refractivity contribution in [1.82, 2.24) is 0 Å². The lowest BCUT2D eigenvalue weighted by Gasteiger charge is -1.80. The molecule has 0 unspecified atom stereocenters. The molecule has 0 spiro atoms. The molecule has 1 aromatic rings. The largest absolute Gasteiger partial charge is 0.305 e. The maximum atomic E-state index is 10.6. The molecule has 3 heteroatoms. The lowest BCUT2D eigenvalue weighted by Crippen LogP contribution is -1.93. The van der Waals surface area contributed by atoms with E-state index >= 15 is 0 Å². The highest BCUT2D eigenvalue weighted by molar-refractivity contribution is 7.12. The first-order chi connectivity index (χ1) is 4.34. The van der Waals surface area contributed by atoms with Gasteiger partial charge < -0.3 is 5.41 Å². The summed E-state index contributed by atoms with van der Waals surface area (Å²) in [4.78, 5) is 11.3. The molecule has 0 radical (unpaired) electrons. The average molecular weight is 139 g/mol. The van der Waals surface area contributed by atoms with Gasteiger partial charge in [0.05, 0.1) is 11.1 Å². The summed E-state index contributed by atoms with van der Waals surface area (Å²) in [6.45, 7) is 0. The average Bonchev–Trinajstić information content (AvgIpc) is 2.37. The van der Waals surface area contributed by atoms with E-state index in [0.717, 1.165) is 6.21 Å². The van der Waals surface area contributed by atoms with Crippen molar-refractivity contribution >= 4 is 23.3 Å². The summed E-state index contributed by atoms with van der Waals surface area (Å²) in [6, 6.07) is 3.50. The topological polar surface area (TPSA) is 40.9 Å². The van der Waals surface area contributed by atoms with Gasteiger partial charge in [0.25, 0.3) is 0 Å². The van der Waals surface area contributed by atoms with Crippen LogP contribution in [0.2, 0.25) is 0 Å². The van der Waals surface area contributed by atoms with E-state index in [2.05, 4.69) is 0 Å². The Balaban J connectivity index is 2.89. The van der Waals surface area contributed by atoms with Crippen molar-refractivity contribution in [2.45, 2.75) is 0 Å². The van der Waals surface area contributed by atoms with Crippen molar-refractivity contribution < 1.29 is 4.79 Å². The van der Waals surface area contributed by atoms with E-state index < -0.39 is 0 Å². The van der Waals surface area contributed by atoms with E-state index in [1.807, 2.05) is 5.38 Å². The number of rotatable bonds is 2. The van der Waals surface area contributed by atoms with Gasteiger partial charge in [0.2, 0.25) is 5.78 Å². The van der Waals surface area contributed by atoms with E-state index in [1.165, 1.54) is 11.3 Å². The highest BCUT2D eigenvalue weighted by Gasteiger charge is 1.99. The summed E-state index contributed by atoms with van der Waals surface area (Å²) >= 11 is 1.35. The Morgan fingerprint density at radius 3 is 3.00 bits per heavy atom. The highest BCUT2D eigenvalue weighted by atomic mass is 32.1. The quantitative estimate of drug-likeness (QED) is 0.490. The Kier molecular flexibility index (Phi) is 1.75. The third-order valence-corrected chi connectivity index (χ3v) is 1.78. The maximum absolute atomic E-state index is 10.6. The van der Waals surface area contributed by atoms with E-state index in [0.29, 0.717) is 4.88 Å². The van der Waals surface area contributed by atoms with Crippen molar-refractivity contribution in [3.8, 4) is 0 Å². The number of nitrogens with one attached hydrogen (secondary N) is 1. The van der Waals surface area contributed by atoms with Crippen molar-refractivity contribution in [1.29, 1.82) is 5.41 Å². The number of hydrogen-bond acceptors (Lipinski definition) is 3. The van der Waals surface area contributed by atoms with Gasteiger partial charge in [0.15, 0.2) is 0 Å². The number of ketones is 1. The highest BCUT2D eigenvalue weighted by Crippen LogP contribution is 2.07. The summed E-state index contributed by atoms with van der Waals surface area (Å²) in [5.74, 6) is -0.218. The minimum atomic E-state index is -0.218. The lowest BCUT2D eigenvalue weighted by atomic mass is 10.3. The number of thiophene rings is 1. The second kappa shape index (κ2) is 2.55. The van der Waals surface area contributed by atoms with Crippen LogP contribution in [0.4, 0.5) is 0 Å². The van der Waals surface area contributed by atoms with Crippen LogP contribution >= 0.6 is 11.3 Å². The molecule has 0 saturated heterocycles. The van der Waals surface area contributed by atoms with Gasteiger partial charge in [0.1, 0.15) is 0 Å². The summed E-state index contributed by atoms with van der Waals surface area (Å²) < 4.78 is 0. The first-order valence-electron chi connectivity index (χ1n) is 2.43. The Hall–Kier alpha value is -0.960. The third-order valence-electron chi connectivity index (χ3n) is 0.895. The molecule has 0 aromatic carbocycles. The van der Waals surface area contributed by atoms with Gasteiger partial charge in [-0.2, -0.15) is 0 Å². The van der Waals surface area contributed by atoms with Gasteiger partial charge in [-0.3, -0.25) is 4.79 Å². The third kappa shape index (κ3) is 1.23. The van der Waals surface area contributed by atoms with Crippen molar-refractivity contribution in [2.75, 3.05) is 0 Å². The van der Waals surface area contributed by atoms with Crippen LogP contribution in [-0.4, -0.2) is 12.0 Å². The number of hydrogen-bond donors (Lipinski definition) is 1. The molecule has 1 N–H and O–H groups in total. The van der Waals surface area contributed by atoms with Crippen LogP contribution in [0.15, 0.2) is 17.5 Å². The molecule has 0 fully saturated rings. The molecule has 0 amide bonds. The molecule has 2 nitrogen and oxygen atoms in total. The molecular weight excluding hydrogens is 134 g/mol. The number of Topliss-reactive ketones (excluding diaryl/α,β-unsaturated/α-hetero) is 1. The van der Waals surface area contributed by atoms with Gasteiger partial charge in [-0.15, -0.1) is 11.3 Å². The van der Waals surface area contributed by atoms with E-state index in [4.69, 9.17) is 5.41 Å². The number of carbonyl (C=O) groups is 1. The second-order valence-electron chi connectivity index (χ2n) is 1.49. The van der Waals surface area contributed by atoms with Gasteiger partial charge >= 0.3 is 0 Å². The summed E-state index contributed by atoms with van der Waals surface area (Å²) in [6.07, 6.45) is 0.825. The fraction of sp³-hybridized carbons (Fsp3) is 0. The Bertz CT molecular complexity index is 215. The Morgan fingerprint density at radius 2 is 2.56 bits per heavy atom. The zero-order chi connectivity index (χ0) is 6.69. The molecule has 0 saturated carbocycles. The second-order valence-corrected chi connectivity index (χ2v) is 2.43. The summed E-state index contributed by atoms with van der Waals surface area (Å²) in [5, 5.41) is 8.43. The van der Waals surface area contributed by atoms with Gasteiger partial charge in [-0.25, -0.2) is 0 Å². The van der Waals surface area contributed by atoms with Gasteiger partial charge in [-0.05, 0) is 11.4 Å².